The second-order valence-electron chi connectivity index (χ2n) is 5.84. The van der Waals surface area contributed by atoms with Crippen molar-refractivity contribution in [1.29, 1.82) is 0 Å². The maximum atomic E-state index is 9.64. The molecule has 0 spiro atoms. The lowest BCUT2D eigenvalue weighted by Gasteiger charge is -2.53. The first-order chi connectivity index (χ1) is 6.56. The van der Waals surface area contributed by atoms with Gasteiger partial charge in [0.05, 0.1) is 5.60 Å². The van der Waals surface area contributed by atoms with Gasteiger partial charge in [-0.25, -0.2) is 0 Å². The van der Waals surface area contributed by atoms with Gasteiger partial charge in [0.2, 0.25) is 0 Å². The summed E-state index contributed by atoms with van der Waals surface area (Å²) in [6, 6.07) is 0. The van der Waals surface area contributed by atoms with Gasteiger partial charge in [0.1, 0.15) is 0 Å². The summed E-state index contributed by atoms with van der Waals surface area (Å²) in [7, 11) is 0. The molecule has 5 atom stereocenters. The molecule has 3 aliphatic rings. The predicted octanol–water partition coefficient (Wildman–Crippen LogP) is 2.31. The minimum atomic E-state index is -0.507. The number of hydrogen-bond donors (Lipinski definition) is 1. The first kappa shape index (κ1) is 9.17. The highest BCUT2D eigenvalue weighted by atomic mass is 16.6. The minimum Gasteiger partial charge on any atom is -0.368 e. The topological polar surface area (TPSA) is 29.5 Å². The number of aliphatic hydroxyl groups excluding tert-OH is 1. The van der Waals surface area contributed by atoms with Crippen LogP contribution in [-0.4, -0.2) is 17.0 Å². The Kier molecular flexibility index (Phi) is 1.66. The van der Waals surface area contributed by atoms with Crippen LogP contribution in [0.2, 0.25) is 0 Å². The third kappa shape index (κ3) is 0.849. The highest BCUT2D eigenvalue weighted by molar-refractivity contribution is 5.14. The predicted molar refractivity (Wildman–Crippen MR) is 53.7 cm³/mol. The lowest BCUT2D eigenvalue weighted by Crippen LogP contribution is -2.55. The van der Waals surface area contributed by atoms with Crippen molar-refractivity contribution < 1.29 is 9.84 Å². The third-order valence-electron chi connectivity index (χ3n) is 5.54. The molecule has 3 fully saturated rings. The Morgan fingerprint density at radius 2 is 1.86 bits per heavy atom. The van der Waals surface area contributed by atoms with E-state index in [4.69, 9.17) is 4.74 Å². The van der Waals surface area contributed by atoms with E-state index in [9.17, 15) is 5.11 Å². The molecule has 2 heteroatoms. The number of fused-ring (bicyclic) bond motifs is 5. The van der Waals surface area contributed by atoms with Crippen molar-refractivity contribution in [3.63, 3.8) is 0 Å². The van der Waals surface area contributed by atoms with Crippen LogP contribution in [0.4, 0.5) is 0 Å². The molecule has 3 rings (SSSR count). The van der Waals surface area contributed by atoms with E-state index in [1.165, 1.54) is 19.3 Å². The van der Waals surface area contributed by atoms with Crippen LogP contribution in [0.15, 0.2) is 0 Å². The summed E-state index contributed by atoms with van der Waals surface area (Å²) in [5.74, 6) is 1.55. The van der Waals surface area contributed by atoms with Crippen molar-refractivity contribution in [3.05, 3.63) is 0 Å². The highest BCUT2D eigenvalue weighted by Gasteiger charge is 2.65. The molecule has 1 N–H and O–H groups in total. The van der Waals surface area contributed by atoms with Crippen molar-refractivity contribution in [2.24, 2.45) is 17.3 Å². The number of rotatable bonds is 0. The van der Waals surface area contributed by atoms with Crippen LogP contribution in [0.5, 0.6) is 0 Å². The molecule has 0 aromatic rings. The van der Waals surface area contributed by atoms with Crippen LogP contribution in [0.25, 0.3) is 0 Å². The van der Waals surface area contributed by atoms with Crippen molar-refractivity contribution in [2.75, 3.05) is 0 Å². The molecule has 0 aromatic heterocycles. The van der Waals surface area contributed by atoms with E-state index in [1.54, 1.807) is 0 Å². The smallest absolute Gasteiger partial charge is 0.155 e. The average Bonchev–Trinajstić information content (AvgIpc) is 2.66. The van der Waals surface area contributed by atoms with Gasteiger partial charge in [0, 0.05) is 0 Å². The van der Waals surface area contributed by atoms with Gasteiger partial charge < -0.3 is 9.84 Å². The van der Waals surface area contributed by atoms with Gasteiger partial charge in [0.15, 0.2) is 6.29 Å². The van der Waals surface area contributed by atoms with Crippen molar-refractivity contribution >= 4 is 0 Å². The lowest BCUT2D eigenvalue weighted by atomic mass is 9.61. The molecule has 1 heterocycles. The summed E-state index contributed by atoms with van der Waals surface area (Å²) in [4.78, 5) is 0. The number of hydrogen-bond acceptors (Lipinski definition) is 2. The van der Waals surface area contributed by atoms with Gasteiger partial charge in [-0.05, 0) is 56.3 Å². The van der Waals surface area contributed by atoms with E-state index in [0.717, 1.165) is 18.8 Å². The first-order valence-corrected chi connectivity index (χ1v) is 5.92. The summed E-state index contributed by atoms with van der Waals surface area (Å²) in [5, 5.41) is 9.64. The van der Waals surface area contributed by atoms with Crippen molar-refractivity contribution in [2.45, 2.75) is 57.8 Å². The fraction of sp³-hybridized carbons (Fsp3) is 1.00. The summed E-state index contributed by atoms with van der Waals surface area (Å²) < 4.78 is 5.89. The molecule has 2 nitrogen and oxygen atoms in total. The Morgan fingerprint density at radius 3 is 2.64 bits per heavy atom. The second kappa shape index (κ2) is 2.53. The second-order valence-corrected chi connectivity index (χ2v) is 5.84. The summed E-state index contributed by atoms with van der Waals surface area (Å²) in [6.07, 6.45) is 5.49. The fourth-order valence-electron chi connectivity index (χ4n) is 4.38. The molecule has 1 saturated heterocycles. The van der Waals surface area contributed by atoms with Gasteiger partial charge in [-0.3, -0.25) is 0 Å². The van der Waals surface area contributed by atoms with Crippen molar-refractivity contribution in [3.8, 4) is 0 Å². The zero-order valence-electron chi connectivity index (χ0n) is 9.12. The highest BCUT2D eigenvalue weighted by Crippen LogP contribution is 2.66. The quantitative estimate of drug-likeness (QED) is 0.644. The molecule has 0 amide bonds. The Balaban J connectivity index is 2.00. The third-order valence-corrected chi connectivity index (χ3v) is 5.54. The normalized spacial score (nSPS) is 61.5. The van der Waals surface area contributed by atoms with Gasteiger partial charge in [-0.1, -0.05) is 6.92 Å². The fourth-order valence-corrected chi connectivity index (χ4v) is 4.38. The summed E-state index contributed by atoms with van der Waals surface area (Å²) >= 11 is 0. The maximum Gasteiger partial charge on any atom is 0.155 e. The summed E-state index contributed by atoms with van der Waals surface area (Å²) in [6.45, 7) is 4.61. The molecular formula is C12H20O2. The Labute approximate surface area is 85.6 Å². The van der Waals surface area contributed by atoms with Gasteiger partial charge >= 0.3 is 0 Å². The van der Waals surface area contributed by atoms with E-state index in [-0.39, 0.29) is 5.60 Å². The molecule has 2 aliphatic carbocycles. The van der Waals surface area contributed by atoms with Gasteiger partial charge in [0.25, 0.3) is 0 Å². The van der Waals surface area contributed by atoms with E-state index in [2.05, 4.69) is 13.8 Å². The Morgan fingerprint density at radius 1 is 1.14 bits per heavy atom. The van der Waals surface area contributed by atoms with Crippen LogP contribution in [0.3, 0.4) is 0 Å². The van der Waals surface area contributed by atoms with E-state index < -0.39 is 6.29 Å². The summed E-state index contributed by atoms with van der Waals surface area (Å²) in [5.41, 5.74) is 0.308. The molecule has 0 radical (unpaired) electrons. The molecule has 14 heavy (non-hydrogen) atoms. The average molecular weight is 196 g/mol. The molecule has 2 bridgehead atoms. The van der Waals surface area contributed by atoms with Crippen LogP contribution >= 0.6 is 0 Å². The molecular weight excluding hydrogens is 176 g/mol. The Hall–Kier alpha value is -0.0800. The minimum absolute atomic E-state index is 0.0341. The van der Waals surface area contributed by atoms with Gasteiger partial charge in [-0.15, -0.1) is 0 Å². The Bertz CT molecular complexity index is 265. The van der Waals surface area contributed by atoms with Crippen LogP contribution in [-0.2, 0) is 4.74 Å². The first-order valence-electron chi connectivity index (χ1n) is 5.92. The van der Waals surface area contributed by atoms with E-state index in [0.29, 0.717) is 11.3 Å². The standard InChI is InChI=1S/C12H20O2/c1-11-6-5-10(13)14-12(11,2)9-4-3-8(11)7-9/h8-10,13H,3-7H2,1-2H3. The van der Waals surface area contributed by atoms with E-state index >= 15 is 0 Å². The molecule has 5 unspecified atom stereocenters. The van der Waals surface area contributed by atoms with Crippen molar-refractivity contribution in [1.82, 2.24) is 0 Å². The van der Waals surface area contributed by atoms with E-state index in [1.807, 2.05) is 0 Å². The monoisotopic (exact) mass is 196 g/mol. The van der Waals surface area contributed by atoms with Crippen LogP contribution in [0.1, 0.15) is 46.0 Å². The van der Waals surface area contributed by atoms with Gasteiger partial charge in [-0.2, -0.15) is 0 Å². The number of aliphatic hydroxyl groups is 1. The zero-order chi connectivity index (χ0) is 9.97. The van der Waals surface area contributed by atoms with Crippen LogP contribution < -0.4 is 0 Å². The molecule has 0 aromatic carbocycles. The lowest BCUT2D eigenvalue weighted by molar-refractivity contribution is -0.272. The van der Waals surface area contributed by atoms with Crippen LogP contribution in [0, 0.1) is 17.3 Å². The SMILES string of the molecule is CC12CCC(O)OC1(C)C1CCC2C1. The maximum absolute atomic E-state index is 9.64. The molecule has 1 aliphatic heterocycles. The molecule has 2 saturated carbocycles. The zero-order valence-corrected chi connectivity index (χ0v) is 9.12. The number of ether oxygens (including phenoxy) is 1. The largest absolute Gasteiger partial charge is 0.368 e. The molecule has 80 valence electrons.